The molecule has 0 aromatic heterocycles. The molecule has 0 bridgehead atoms. The van der Waals surface area contributed by atoms with E-state index in [0.29, 0.717) is 6.42 Å². The Hall–Kier alpha value is -1.61. The number of aliphatic hydroxyl groups is 1. The van der Waals surface area contributed by atoms with Crippen LogP contribution < -0.4 is 5.32 Å². The fourth-order valence-corrected chi connectivity index (χ4v) is 2.03. The van der Waals surface area contributed by atoms with Gasteiger partial charge < -0.3 is 10.4 Å². The number of amides is 1. The molecule has 0 aliphatic heterocycles. The van der Waals surface area contributed by atoms with E-state index in [0.717, 1.165) is 24.0 Å². The number of rotatable bonds is 7. The maximum absolute atomic E-state index is 11.8. The lowest BCUT2D eigenvalue weighted by molar-refractivity contribution is -0.117. The first-order chi connectivity index (χ1) is 9.56. The minimum Gasteiger partial charge on any atom is -0.391 e. The van der Waals surface area contributed by atoms with Crippen LogP contribution in [0.15, 0.2) is 42.0 Å². The highest BCUT2D eigenvalue weighted by Crippen LogP contribution is 2.07. The average molecular weight is 275 g/mol. The van der Waals surface area contributed by atoms with Crippen LogP contribution in [0.2, 0.25) is 0 Å². The Morgan fingerprint density at radius 3 is 2.40 bits per heavy atom. The zero-order valence-electron chi connectivity index (χ0n) is 12.6. The van der Waals surface area contributed by atoms with Crippen LogP contribution in [0, 0.1) is 0 Å². The molecule has 0 spiro atoms. The molecule has 0 radical (unpaired) electrons. The number of benzene rings is 1. The molecule has 0 heterocycles. The molecule has 0 saturated heterocycles. The number of allylic oxidation sites excluding steroid dienone is 1. The van der Waals surface area contributed by atoms with Crippen LogP contribution in [0.25, 0.3) is 0 Å². The van der Waals surface area contributed by atoms with Gasteiger partial charge >= 0.3 is 0 Å². The third-order valence-electron chi connectivity index (χ3n) is 3.48. The predicted molar refractivity (Wildman–Crippen MR) is 82.4 cm³/mol. The monoisotopic (exact) mass is 275 g/mol. The van der Waals surface area contributed by atoms with Crippen LogP contribution in [-0.2, 0) is 11.2 Å². The lowest BCUT2D eigenvalue weighted by Crippen LogP contribution is -2.41. The Balaban J connectivity index is 2.51. The van der Waals surface area contributed by atoms with Crippen molar-refractivity contribution in [2.24, 2.45) is 0 Å². The van der Waals surface area contributed by atoms with Crippen molar-refractivity contribution in [2.45, 2.75) is 52.2 Å². The molecule has 0 saturated carbocycles. The van der Waals surface area contributed by atoms with Gasteiger partial charge in [-0.05, 0) is 25.3 Å². The second-order valence-electron chi connectivity index (χ2n) is 5.06. The Labute approximate surface area is 121 Å². The zero-order valence-corrected chi connectivity index (χ0v) is 12.6. The van der Waals surface area contributed by atoms with Gasteiger partial charge in [-0.1, -0.05) is 49.8 Å². The van der Waals surface area contributed by atoms with Gasteiger partial charge in [0.05, 0.1) is 12.1 Å². The van der Waals surface area contributed by atoms with E-state index in [1.54, 1.807) is 6.08 Å². The number of nitrogens with one attached hydrogen (secondary N) is 1. The van der Waals surface area contributed by atoms with E-state index in [4.69, 9.17) is 0 Å². The van der Waals surface area contributed by atoms with Crippen molar-refractivity contribution in [3.8, 4) is 0 Å². The van der Waals surface area contributed by atoms with E-state index in [-0.39, 0.29) is 11.9 Å². The first-order valence-corrected chi connectivity index (χ1v) is 7.28. The smallest absolute Gasteiger partial charge is 0.244 e. The van der Waals surface area contributed by atoms with Crippen molar-refractivity contribution in [1.29, 1.82) is 0 Å². The first-order valence-electron chi connectivity index (χ1n) is 7.28. The number of aliphatic hydroxyl groups excluding tert-OH is 1. The number of hydrogen-bond acceptors (Lipinski definition) is 2. The average Bonchev–Trinajstić information content (AvgIpc) is 2.45. The summed E-state index contributed by atoms with van der Waals surface area (Å²) in [7, 11) is 0. The SMILES string of the molecule is CCC(=CC(=O)NC(C)C(O)Cc1ccccc1)CC. The van der Waals surface area contributed by atoms with Crippen molar-refractivity contribution in [3.63, 3.8) is 0 Å². The van der Waals surface area contributed by atoms with Crippen molar-refractivity contribution in [1.82, 2.24) is 5.32 Å². The summed E-state index contributed by atoms with van der Waals surface area (Å²) in [6.07, 6.45) is 3.36. The summed E-state index contributed by atoms with van der Waals surface area (Å²) < 4.78 is 0. The van der Waals surface area contributed by atoms with Gasteiger partial charge in [-0.3, -0.25) is 4.79 Å². The van der Waals surface area contributed by atoms with E-state index in [2.05, 4.69) is 5.32 Å². The Bertz CT molecular complexity index is 434. The Morgan fingerprint density at radius 1 is 1.25 bits per heavy atom. The second kappa shape index (κ2) is 8.54. The Morgan fingerprint density at radius 2 is 1.85 bits per heavy atom. The lowest BCUT2D eigenvalue weighted by atomic mass is 10.0. The van der Waals surface area contributed by atoms with Gasteiger partial charge in [0.25, 0.3) is 0 Å². The molecule has 1 aromatic carbocycles. The van der Waals surface area contributed by atoms with E-state index >= 15 is 0 Å². The van der Waals surface area contributed by atoms with Crippen molar-refractivity contribution in [2.75, 3.05) is 0 Å². The second-order valence-corrected chi connectivity index (χ2v) is 5.06. The summed E-state index contributed by atoms with van der Waals surface area (Å²) in [4.78, 5) is 11.8. The topological polar surface area (TPSA) is 49.3 Å². The molecule has 0 aliphatic carbocycles. The number of carbonyl (C=O) groups is 1. The van der Waals surface area contributed by atoms with Crippen LogP contribution in [0.4, 0.5) is 0 Å². The molecule has 20 heavy (non-hydrogen) atoms. The Kier molecular flexibility index (Phi) is 7.02. The van der Waals surface area contributed by atoms with E-state index < -0.39 is 6.10 Å². The van der Waals surface area contributed by atoms with Crippen LogP contribution in [0.5, 0.6) is 0 Å². The molecule has 2 atom stereocenters. The van der Waals surface area contributed by atoms with Crippen LogP contribution >= 0.6 is 0 Å². The van der Waals surface area contributed by atoms with Gasteiger partial charge in [-0.25, -0.2) is 0 Å². The van der Waals surface area contributed by atoms with Gasteiger partial charge in [0.2, 0.25) is 5.91 Å². The molecule has 0 aliphatic rings. The summed E-state index contributed by atoms with van der Waals surface area (Å²) in [6, 6.07) is 9.52. The van der Waals surface area contributed by atoms with Crippen LogP contribution in [0.3, 0.4) is 0 Å². The van der Waals surface area contributed by atoms with Gasteiger partial charge in [0, 0.05) is 12.5 Å². The highest BCUT2D eigenvalue weighted by Gasteiger charge is 2.16. The van der Waals surface area contributed by atoms with Gasteiger partial charge in [0.1, 0.15) is 0 Å². The third-order valence-corrected chi connectivity index (χ3v) is 3.48. The van der Waals surface area contributed by atoms with Gasteiger partial charge in [-0.2, -0.15) is 0 Å². The fraction of sp³-hybridized carbons (Fsp3) is 0.471. The quantitative estimate of drug-likeness (QED) is 0.752. The molecule has 110 valence electrons. The first kappa shape index (κ1) is 16.4. The van der Waals surface area contributed by atoms with E-state index in [1.807, 2.05) is 51.1 Å². The summed E-state index contributed by atoms with van der Waals surface area (Å²) in [5, 5.41) is 13.0. The molecular weight excluding hydrogens is 250 g/mol. The van der Waals surface area contributed by atoms with Crippen molar-refractivity contribution < 1.29 is 9.90 Å². The predicted octanol–water partition coefficient (Wildman–Crippen LogP) is 2.84. The summed E-state index contributed by atoms with van der Waals surface area (Å²) >= 11 is 0. The minimum atomic E-state index is -0.582. The summed E-state index contributed by atoms with van der Waals surface area (Å²) in [5.74, 6) is -0.122. The number of hydrogen-bond donors (Lipinski definition) is 2. The molecule has 2 N–H and O–H groups in total. The highest BCUT2D eigenvalue weighted by molar-refractivity contribution is 5.88. The van der Waals surface area contributed by atoms with E-state index in [9.17, 15) is 9.90 Å². The summed E-state index contributed by atoms with van der Waals surface area (Å²) in [5.41, 5.74) is 2.19. The number of carbonyl (C=O) groups excluding carboxylic acids is 1. The standard InChI is InChI=1S/C17H25NO2/c1-4-14(5-2)12-17(20)18-13(3)16(19)11-15-9-7-6-8-10-15/h6-10,12-13,16,19H,4-5,11H2,1-3H3,(H,18,20). The highest BCUT2D eigenvalue weighted by atomic mass is 16.3. The van der Waals surface area contributed by atoms with E-state index in [1.165, 1.54) is 0 Å². The molecule has 1 rings (SSSR count). The molecule has 3 heteroatoms. The van der Waals surface area contributed by atoms with Crippen LogP contribution in [0.1, 0.15) is 39.2 Å². The maximum Gasteiger partial charge on any atom is 0.244 e. The molecule has 0 fully saturated rings. The zero-order chi connectivity index (χ0) is 15.0. The lowest BCUT2D eigenvalue weighted by Gasteiger charge is -2.20. The molecule has 3 nitrogen and oxygen atoms in total. The van der Waals surface area contributed by atoms with Crippen molar-refractivity contribution in [3.05, 3.63) is 47.5 Å². The summed E-state index contributed by atoms with van der Waals surface area (Å²) in [6.45, 7) is 5.91. The molecule has 1 aromatic rings. The van der Waals surface area contributed by atoms with Gasteiger partial charge in [0.15, 0.2) is 0 Å². The fourth-order valence-electron chi connectivity index (χ4n) is 2.03. The third kappa shape index (κ3) is 5.57. The van der Waals surface area contributed by atoms with Crippen LogP contribution in [-0.4, -0.2) is 23.2 Å². The molecular formula is C17H25NO2. The molecule has 1 amide bonds. The maximum atomic E-state index is 11.8. The molecule has 2 unspecified atom stereocenters. The van der Waals surface area contributed by atoms with Crippen molar-refractivity contribution >= 4 is 5.91 Å². The minimum absolute atomic E-state index is 0.122. The normalized spacial score (nSPS) is 13.4. The van der Waals surface area contributed by atoms with Gasteiger partial charge in [-0.15, -0.1) is 0 Å². The largest absolute Gasteiger partial charge is 0.391 e.